The Balaban J connectivity index is 1.57. The van der Waals surface area contributed by atoms with Crippen LogP contribution < -0.4 is 11.0 Å². The molecule has 0 aliphatic carbocycles. The molecule has 0 spiro atoms. The molecule has 0 atom stereocenters. The molecular formula is C23H24BN3O2S. The third-order valence-corrected chi connectivity index (χ3v) is 7.21. The molecule has 1 aliphatic rings. The SMILES string of the molecule is CC1(C)CB(c2csc(Cn3nc(-c4cccc(C#N)c4)ccc3=O)c2)OC1(C)C. The maximum Gasteiger partial charge on any atom is 0.328 e. The Bertz CT molecular complexity index is 1170. The van der Waals surface area contributed by atoms with Gasteiger partial charge in [-0.05, 0) is 60.7 Å². The van der Waals surface area contributed by atoms with E-state index in [0.29, 0.717) is 17.8 Å². The minimum Gasteiger partial charge on any atom is -0.425 e. The average Bonchev–Trinajstić information content (AvgIpc) is 3.25. The molecule has 5 nitrogen and oxygen atoms in total. The Labute approximate surface area is 181 Å². The summed E-state index contributed by atoms with van der Waals surface area (Å²) in [6, 6.07) is 14.7. The van der Waals surface area contributed by atoms with Crippen LogP contribution in [0.3, 0.4) is 0 Å². The van der Waals surface area contributed by atoms with Gasteiger partial charge in [0.05, 0.1) is 29.5 Å². The number of nitrogens with zero attached hydrogens (tertiary/aromatic N) is 3. The van der Waals surface area contributed by atoms with Crippen LogP contribution >= 0.6 is 11.3 Å². The molecule has 3 aromatic rings. The summed E-state index contributed by atoms with van der Waals surface area (Å²) in [5.74, 6) is 0. The van der Waals surface area contributed by atoms with Crippen LogP contribution in [0.2, 0.25) is 6.32 Å². The van der Waals surface area contributed by atoms with E-state index in [1.165, 1.54) is 16.2 Å². The zero-order chi connectivity index (χ0) is 21.5. The molecule has 4 rings (SSSR count). The maximum absolute atomic E-state index is 12.4. The average molecular weight is 417 g/mol. The second-order valence-corrected chi connectivity index (χ2v) is 9.95. The minimum atomic E-state index is -0.176. The van der Waals surface area contributed by atoms with E-state index in [1.54, 1.807) is 29.5 Å². The smallest absolute Gasteiger partial charge is 0.328 e. The van der Waals surface area contributed by atoms with Crippen LogP contribution in [0.25, 0.3) is 11.3 Å². The number of hydrogen-bond acceptors (Lipinski definition) is 5. The maximum atomic E-state index is 12.4. The van der Waals surface area contributed by atoms with Crippen LogP contribution in [0, 0.1) is 16.7 Å². The Morgan fingerprint density at radius 3 is 2.73 bits per heavy atom. The molecule has 7 heteroatoms. The summed E-state index contributed by atoms with van der Waals surface area (Å²) in [6.07, 6.45) is 0.971. The van der Waals surface area contributed by atoms with Gasteiger partial charge >= 0.3 is 6.92 Å². The summed E-state index contributed by atoms with van der Waals surface area (Å²) in [4.78, 5) is 13.5. The lowest BCUT2D eigenvalue weighted by molar-refractivity contribution is 0.0375. The van der Waals surface area contributed by atoms with Crippen LogP contribution in [0.15, 0.2) is 52.6 Å². The molecule has 2 aromatic heterocycles. The summed E-state index contributed by atoms with van der Waals surface area (Å²) in [6.45, 7) is 9.28. The predicted octanol–water partition coefficient (Wildman–Crippen LogP) is 3.93. The van der Waals surface area contributed by atoms with Crippen molar-refractivity contribution in [2.24, 2.45) is 5.41 Å². The summed E-state index contributed by atoms with van der Waals surface area (Å²) < 4.78 is 7.81. The molecule has 0 amide bonds. The molecule has 0 bridgehead atoms. The molecule has 0 unspecified atom stereocenters. The van der Waals surface area contributed by atoms with Crippen molar-refractivity contribution in [2.45, 2.75) is 46.2 Å². The third-order valence-electron chi connectivity index (χ3n) is 6.27. The van der Waals surface area contributed by atoms with Crippen molar-refractivity contribution in [3.8, 4) is 17.3 Å². The fourth-order valence-corrected chi connectivity index (χ4v) is 4.62. The summed E-state index contributed by atoms with van der Waals surface area (Å²) in [5, 5.41) is 15.8. The molecule has 3 heterocycles. The van der Waals surface area contributed by atoms with Crippen LogP contribution in [-0.2, 0) is 11.2 Å². The first-order valence-electron chi connectivity index (χ1n) is 10.0. The van der Waals surface area contributed by atoms with Crippen molar-refractivity contribution in [3.05, 3.63) is 68.6 Å². The first kappa shape index (κ1) is 20.6. The van der Waals surface area contributed by atoms with Crippen molar-refractivity contribution in [3.63, 3.8) is 0 Å². The van der Waals surface area contributed by atoms with Gasteiger partial charge in [-0.2, -0.15) is 10.4 Å². The highest BCUT2D eigenvalue weighted by Crippen LogP contribution is 2.45. The topological polar surface area (TPSA) is 67.9 Å². The third kappa shape index (κ3) is 3.85. The van der Waals surface area contributed by atoms with Crippen molar-refractivity contribution >= 4 is 23.7 Å². The Hall–Kier alpha value is -2.69. The van der Waals surface area contributed by atoms with E-state index in [0.717, 1.165) is 16.8 Å². The van der Waals surface area contributed by atoms with Crippen molar-refractivity contribution < 1.29 is 4.65 Å². The van der Waals surface area contributed by atoms with E-state index in [4.69, 9.17) is 9.92 Å². The van der Waals surface area contributed by atoms with Crippen molar-refractivity contribution in [1.29, 1.82) is 5.26 Å². The molecule has 0 radical (unpaired) electrons. The monoisotopic (exact) mass is 417 g/mol. The number of thiophene rings is 1. The van der Waals surface area contributed by atoms with Gasteiger partial charge in [0.25, 0.3) is 5.56 Å². The fourth-order valence-electron chi connectivity index (χ4n) is 3.71. The fraction of sp³-hybridized carbons (Fsp3) is 0.348. The highest BCUT2D eigenvalue weighted by Gasteiger charge is 2.49. The van der Waals surface area contributed by atoms with Gasteiger partial charge in [-0.25, -0.2) is 4.68 Å². The number of nitriles is 1. The molecular weight excluding hydrogens is 393 g/mol. The lowest BCUT2D eigenvalue weighted by atomic mass is 9.55. The quantitative estimate of drug-likeness (QED) is 0.604. The molecule has 1 fully saturated rings. The Morgan fingerprint density at radius 2 is 2.03 bits per heavy atom. The molecule has 0 saturated carbocycles. The highest BCUT2D eigenvalue weighted by atomic mass is 32.1. The number of hydrogen-bond donors (Lipinski definition) is 0. The molecule has 0 N–H and O–H groups in total. The standard InChI is InChI=1S/C23H24BN3O2S/c1-22(2)15-24(29-23(22,3)4)18-11-19(30-14-18)13-27-21(28)9-8-20(26-27)17-7-5-6-16(10-17)12-25/h5-11,14H,13,15H2,1-4H3. The van der Waals surface area contributed by atoms with Crippen LogP contribution in [0.5, 0.6) is 0 Å². The summed E-state index contributed by atoms with van der Waals surface area (Å²) >= 11 is 1.63. The second kappa shape index (κ2) is 7.53. The van der Waals surface area contributed by atoms with Gasteiger partial charge in [-0.15, -0.1) is 11.3 Å². The first-order chi connectivity index (χ1) is 14.2. The predicted molar refractivity (Wildman–Crippen MR) is 121 cm³/mol. The molecule has 1 aromatic carbocycles. The van der Waals surface area contributed by atoms with Gasteiger partial charge in [0, 0.05) is 16.5 Å². The van der Waals surface area contributed by atoms with Gasteiger partial charge in [-0.3, -0.25) is 4.79 Å². The lowest BCUT2D eigenvalue weighted by Crippen LogP contribution is -2.35. The van der Waals surface area contributed by atoms with Gasteiger partial charge < -0.3 is 4.65 Å². The van der Waals surface area contributed by atoms with E-state index in [2.05, 4.69) is 50.3 Å². The summed E-state index contributed by atoms with van der Waals surface area (Å²) in [5.41, 5.74) is 3.00. The van der Waals surface area contributed by atoms with Crippen LogP contribution in [0.1, 0.15) is 38.1 Å². The highest BCUT2D eigenvalue weighted by molar-refractivity contribution is 7.11. The van der Waals surface area contributed by atoms with Crippen LogP contribution in [0.4, 0.5) is 0 Å². The zero-order valence-corrected chi connectivity index (χ0v) is 18.5. The van der Waals surface area contributed by atoms with E-state index >= 15 is 0 Å². The first-order valence-corrected chi connectivity index (χ1v) is 10.9. The Morgan fingerprint density at radius 1 is 1.23 bits per heavy atom. The number of benzene rings is 1. The molecule has 152 valence electrons. The van der Waals surface area contributed by atoms with E-state index < -0.39 is 0 Å². The van der Waals surface area contributed by atoms with Gasteiger partial charge in [0.15, 0.2) is 0 Å². The van der Waals surface area contributed by atoms with Crippen molar-refractivity contribution in [1.82, 2.24) is 9.78 Å². The molecule has 1 aliphatic heterocycles. The van der Waals surface area contributed by atoms with E-state index in [9.17, 15) is 4.79 Å². The van der Waals surface area contributed by atoms with Gasteiger partial charge in [-0.1, -0.05) is 26.0 Å². The van der Waals surface area contributed by atoms with Crippen LogP contribution in [-0.4, -0.2) is 22.3 Å². The summed E-state index contributed by atoms with van der Waals surface area (Å²) in [7, 11) is 0. The molecule has 30 heavy (non-hydrogen) atoms. The molecule has 1 saturated heterocycles. The Kier molecular flexibility index (Phi) is 5.17. The van der Waals surface area contributed by atoms with E-state index in [1.807, 2.05) is 12.1 Å². The van der Waals surface area contributed by atoms with Crippen molar-refractivity contribution in [2.75, 3.05) is 0 Å². The minimum absolute atomic E-state index is 0.0738. The number of aromatic nitrogens is 2. The van der Waals surface area contributed by atoms with Gasteiger partial charge in [0.1, 0.15) is 0 Å². The van der Waals surface area contributed by atoms with Gasteiger partial charge in [0.2, 0.25) is 0 Å². The number of rotatable bonds is 4. The second-order valence-electron chi connectivity index (χ2n) is 8.96. The largest absolute Gasteiger partial charge is 0.425 e. The van der Waals surface area contributed by atoms with E-state index in [-0.39, 0.29) is 23.5 Å². The lowest BCUT2D eigenvalue weighted by Gasteiger charge is -2.34. The normalized spacial score (nSPS) is 17.1. The zero-order valence-electron chi connectivity index (χ0n) is 17.7.